The van der Waals surface area contributed by atoms with E-state index in [0.29, 0.717) is 10.8 Å². The summed E-state index contributed by atoms with van der Waals surface area (Å²) in [6.07, 6.45) is 1.07. The Morgan fingerprint density at radius 3 is 2.59 bits per heavy atom. The largest absolute Gasteiger partial charge is 0.478 e. The molecule has 0 fully saturated rings. The molecule has 0 saturated carbocycles. The molecule has 0 aliphatic rings. The van der Waals surface area contributed by atoms with Gasteiger partial charge < -0.3 is 19.7 Å². The zero-order valence-electron chi connectivity index (χ0n) is 15.6. The van der Waals surface area contributed by atoms with Crippen molar-refractivity contribution in [3.8, 4) is 5.75 Å². The van der Waals surface area contributed by atoms with E-state index in [1.807, 2.05) is 42.1 Å². The van der Waals surface area contributed by atoms with E-state index < -0.39 is 11.7 Å². The first-order valence-electron chi connectivity index (χ1n) is 8.73. The van der Waals surface area contributed by atoms with E-state index in [9.17, 15) is 9.90 Å². The number of benzene rings is 2. The Balaban J connectivity index is 1.65. The Morgan fingerprint density at radius 2 is 1.89 bits per heavy atom. The van der Waals surface area contributed by atoms with Crippen LogP contribution in [0.1, 0.15) is 25.5 Å². The smallest absolute Gasteiger partial charge is 0.263 e. The number of carbonyl (C=O) groups excluding carboxylic acids is 1. The first kappa shape index (κ1) is 19.3. The van der Waals surface area contributed by atoms with Crippen LogP contribution in [0.2, 0.25) is 5.02 Å². The second-order valence-electron chi connectivity index (χ2n) is 7.00. The maximum Gasteiger partial charge on any atom is 0.263 e. The van der Waals surface area contributed by atoms with Crippen molar-refractivity contribution in [2.45, 2.75) is 25.6 Å². The van der Waals surface area contributed by atoms with E-state index in [1.54, 1.807) is 38.1 Å². The highest BCUT2D eigenvalue weighted by atomic mass is 35.5. The number of halogens is 1. The summed E-state index contributed by atoms with van der Waals surface area (Å²) in [5.41, 5.74) is 0.723. The van der Waals surface area contributed by atoms with Gasteiger partial charge in [0.2, 0.25) is 0 Å². The normalized spacial score (nSPS) is 12.8. The number of nitrogens with one attached hydrogen (secondary N) is 1. The van der Waals surface area contributed by atoms with Crippen molar-refractivity contribution < 1.29 is 14.6 Å². The third-order valence-electron chi connectivity index (χ3n) is 4.48. The number of rotatable bonds is 6. The second kappa shape index (κ2) is 7.62. The highest BCUT2D eigenvalue weighted by Crippen LogP contribution is 2.26. The number of ether oxygens (including phenoxy) is 1. The van der Waals surface area contributed by atoms with Gasteiger partial charge in [-0.15, -0.1) is 0 Å². The number of aliphatic hydroxyl groups excluding tert-OH is 1. The first-order valence-corrected chi connectivity index (χ1v) is 9.10. The average Bonchev–Trinajstić information content (AvgIpc) is 2.98. The Hall–Kier alpha value is -2.50. The fraction of sp³-hybridized carbons (Fsp3) is 0.286. The minimum atomic E-state index is -1.09. The number of amides is 1. The minimum Gasteiger partial charge on any atom is -0.478 e. The number of nitrogens with zero attached hydrogens (tertiary/aromatic N) is 1. The number of fused-ring (bicyclic) bond motifs is 1. The van der Waals surface area contributed by atoms with Crippen LogP contribution in [0.3, 0.4) is 0 Å². The van der Waals surface area contributed by atoms with Crippen molar-refractivity contribution in [1.29, 1.82) is 0 Å². The molecule has 27 heavy (non-hydrogen) atoms. The van der Waals surface area contributed by atoms with Crippen LogP contribution in [0.4, 0.5) is 0 Å². The van der Waals surface area contributed by atoms with Gasteiger partial charge in [0.1, 0.15) is 5.75 Å². The van der Waals surface area contributed by atoms with Crippen LogP contribution in [-0.4, -0.2) is 27.7 Å². The van der Waals surface area contributed by atoms with Crippen LogP contribution < -0.4 is 10.1 Å². The van der Waals surface area contributed by atoms with Gasteiger partial charge in [-0.2, -0.15) is 0 Å². The van der Waals surface area contributed by atoms with Crippen molar-refractivity contribution in [3.05, 3.63) is 65.3 Å². The lowest BCUT2D eigenvalue weighted by Crippen LogP contribution is -2.47. The van der Waals surface area contributed by atoms with E-state index in [0.717, 1.165) is 16.5 Å². The summed E-state index contributed by atoms with van der Waals surface area (Å²) in [6.45, 7) is 3.46. The lowest BCUT2D eigenvalue weighted by Gasteiger charge is -2.26. The molecule has 6 heteroatoms. The van der Waals surface area contributed by atoms with Crippen LogP contribution in [0.25, 0.3) is 10.9 Å². The number of aliphatic hydroxyl groups is 1. The topological polar surface area (TPSA) is 63.5 Å². The molecule has 0 aliphatic carbocycles. The third-order valence-corrected chi connectivity index (χ3v) is 4.73. The lowest BCUT2D eigenvalue weighted by molar-refractivity contribution is -0.134. The molecule has 1 aromatic heterocycles. The molecule has 0 saturated heterocycles. The monoisotopic (exact) mass is 386 g/mol. The zero-order valence-corrected chi connectivity index (χ0v) is 16.3. The Kier molecular flexibility index (Phi) is 5.44. The van der Waals surface area contributed by atoms with Gasteiger partial charge in [-0.1, -0.05) is 29.8 Å². The maximum atomic E-state index is 12.6. The van der Waals surface area contributed by atoms with Crippen molar-refractivity contribution in [1.82, 2.24) is 9.88 Å². The quantitative estimate of drug-likeness (QED) is 0.676. The molecule has 1 unspecified atom stereocenters. The molecule has 2 aromatic carbocycles. The molecule has 0 spiro atoms. The molecule has 3 aromatic rings. The molecular formula is C21H23ClN2O3. The summed E-state index contributed by atoms with van der Waals surface area (Å²) in [6, 6.07) is 14.7. The molecular weight excluding hydrogens is 364 g/mol. The molecule has 0 aliphatic heterocycles. The van der Waals surface area contributed by atoms with Crippen LogP contribution >= 0.6 is 11.6 Å². The van der Waals surface area contributed by atoms with Gasteiger partial charge in [0.25, 0.3) is 5.91 Å². The lowest BCUT2D eigenvalue weighted by atomic mass is 10.1. The number of aryl methyl sites for hydroxylation is 1. The SMILES string of the molecule is Cn1cc(C(O)CNC(=O)C(C)(C)Oc2ccc(Cl)cc2)c2ccccc21. The standard InChI is InChI=1S/C21H23ClN2O3/c1-21(2,27-15-10-8-14(22)9-11-15)20(26)23-12-19(25)17-13-24(3)18-7-5-4-6-16(17)18/h4-11,13,19,25H,12H2,1-3H3,(H,23,26). The van der Waals surface area contributed by atoms with Gasteiger partial charge in [0, 0.05) is 41.3 Å². The molecule has 5 nitrogen and oxygen atoms in total. The molecule has 0 bridgehead atoms. The number of carbonyl (C=O) groups is 1. The third kappa shape index (κ3) is 4.26. The molecule has 3 rings (SSSR count). The molecule has 2 N–H and O–H groups in total. The fourth-order valence-corrected chi connectivity index (χ4v) is 3.12. The van der Waals surface area contributed by atoms with E-state index in [4.69, 9.17) is 16.3 Å². The minimum absolute atomic E-state index is 0.0975. The van der Waals surface area contributed by atoms with Gasteiger partial charge in [-0.3, -0.25) is 4.79 Å². The highest BCUT2D eigenvalue weighted by Gasteiger charge is 2.30. The van der Waals surface area contributed by atoms with Crippen molar-refractivity contribution in [2.75, 3.05) is 6.54 Å². The van der Waals surface area contributed by atoms with Crippen molar-refractivity contribution >= 4 is 28.4 Å². The van der Waals surface area contributed by atoms with Crippen LogP contribution in [0, 0.1) is 0 Å². The maximum absolute atomic E-state index is 12.6. The fourth-order valence-electron chi connectivity index (χ4n) is 2.99. The summed E-state index contributed by atoms with van der Waals surface area (Å²) in [4.78, 5) is 12.6. The predicted octanol–water partition coefficient (Wildman–Crippen LogP) is 3.84. The van der Waals surface area contributed by atoms with Crippen LogP contribution in [-0.2, 0) is 11.8 Å². The van der Waals surface area contributed by atoms with Gasteiger partial charge in [0.15, 0.2) is 5.60 Å². The molecule has 1 atom stereocenters. The summed E-state index contributed by atoms with van der Waals surface area (Å²) >= 11 is 5.87. The number of hydrogen-bond acceptors (Lipinski definition) is 3. The van der Waals surface area contributed by atoms with E-state index >= 15 is 0 Å². The van der Waals surface area contributed by atoms with Gasteiger partial charge in [0.05, 0.1) is 6.10 Å². The Morgan fingerprint density at radius 1 is 1.22 bits per heavy atom. The predicted molar refractivity (Wildman–Crippen MR) is 107 cm³/mol. The first-order chi connectivity index (χ1) is 12.8. The number of hydrogen-bond donors (Lipinski definition) is 2. The second-order valence-corrected chi connectivity index (χ2v) is 7.44. The van der Waals surface area contributed by atoms with Gasteiger partial charge in [-0.05, 0) is 44.2 Å². The summed E-state index contributed by atoms with van der Waals surface area (Å²) in [5, 5.41) is 14.9. The van der Waals surface area contributed by atoms with Crippen LogP contribution in [0.15, 0.2) is 54.7 Å². The zero-order chi connectivity index (χ0) is 19.6. The van der Waals surface area contributed by atoms with E-state index in [2.05, 4.69) is 5.32 Å². The Bertz CT molecular complexity index is 948. The molecule has 142 valence electrons. The highest BCUT2D eigenvalue weighted by molar-refractivity contribution is 6.30. The molecule has 1 heterocycles. The van der Waals surface area contributed by atoms with Crippen LogP contribution in [0.5, 0.6) is 5.75 Å². The average molecular weight is 387 g/mol. The summed E-state index contributed by atoms with van der Waals surface area (Å²) in [7, 11) is 1.93. The molecule has 0 radical (unpaired) electrons. The van der Waals surface area contributed by atoms with E-state index in [1.165, 1.54) is 0 Å². The van der Waals surface area contributed by atoms with E-state index in [-0.39, 0.29) is 12.5 Å². The van der Waals surface area contributed by atoms with Gasteiger partial charge in [-0.25, -0.2) is 0 Å². The Labute approximate surface area is 163 Å². The van der Waals surface area contributed by atoms with Gasteiger partial charge >= 0.3 is 0 Å². The molecule has 1 amide bonds. The van der Waals surface area contributed by atoms with Crippen molar-refractivity contribution in [3.63, 3.8) is 0 Å². The summed E-state index contributed by atoms with van der Waals surface area (Å²) in [5.74, 6) is 0.242. The van der Waals surface area contributed by atoms with Crippen molar-refractivity contribution in [2.24, 2.45) is 7.05 Å². The summed E-state index contributed by atoms with van der Waals surface area (Å²) < 4.78 is 7.74. The number of aromatic nitrogens is 1. The number of para-hydroxylation sites is 1.